The molecule has 0 N–H and O–H groups in total. The molecule has 1 aromatic rings. The van der Waals surface area contributed by atoms with Gasteiger partial charge in [0.2, 0.25) is 0 Å². The van der Waals surface area contributed by atoms with E-state index in [0.29, 0.717) is 36.7 Å². The summed E-state index contributed by atoms with van der Waals surface area (Å²) in [6.07, 6.45) is 0.682. The van der Waals surface area contributed by atoms with Crippen molar-refractivity contribution in [2.45, 2.75) is 32.8 Å². The number of likely N-dealkylation sites (tertiary alicyclic amines) is 1. The highest BCUT2D eigenvalue weighted by Crippen LogP contribution is 2.23. The average molecular weight is 340 g/mol. The van der Waals surface area contributed by atoms with Gasteiger partial charge < -0.3 is 14.4 Å². The first-order valence-corrected chi connectivity index (χ1v) is 8.09. The molecule has 1 heterocycles. The third-order valence-electron chi connectivity index (χ3n) is 4.13. The Balaban J connectivity index is 1.90. The van der Waals surface area contributed by atoms with Crippen LogP contribution in [0.25, 0.3) is 0 Å². The SMILES string of the molecule is COC(=O)C1CCN(C(=O)[C@H](C)Oc2ccc(Cl)c(C)c2)CC1. The van der Waals surface area contributed by atoms with Gasteiger partial charge in [-0.15, -0.1) is 0 Å². The van der Waals surface area contributed by atoms with Gasteiger partial charge in [0.05, 0.1) is 13.0 Å². The first-order chi connectivity index (χ1) is 10.9. The minimum atomic E-state index is -0.578. The number of aryl methyl sites for hydroxylation is 1. The van der Waals surface area contributed by atoms with Gasteiger partial charge >= 0.3 is 5.97 Å². The quantitative estimate of drug-likeness (QED) is 0.791. The molecular formula is C17H22ClNO4. The Kier molecular flexibility index (Phi) is 5.88. The minimum absolute atomic E-state index is 0.0686. The van der Waals surface area contributed by atoms with Gasteiger partial charge in [-0.05, 0) is 50.5 Å². The molecule has 0 spiro atoms. The third kappa shape index (κ3) is 4.38. The number of halogens is 1. The van der Waals surface area contributed by atoms with E-state index in [1.54, 1.807) is 24.0 Å². The van der Waals surface area contributed by atoms with Crippen LogP contribution < -0.4 is 4.74 Å². The third-order valence-corrected chi connectivity index (χ3v) is 4.56. The van der Waals surface area contributed by atoms with Crippen molar-refractivity contribution in [1.29, 1.82) is 0 Å². The van der Waals surface area contributed by atoms with Crippen molar-refractivity contribution in [2.24, 2.45) is 5.92 Å². The molecule has 0 unspecified atom stereocenters. The lowest BCUT2D eigenvalue weighted by molar-refractivity contribution is -0.150. The molecule has 0 aliphatic carbocycles. The van der Waals surface area contributed by atoms with Crippen LogP contribution in [0.15, 0.2) is 18.2 Å². The van der Waals surface area contributed by atoms with Gasteiger partial charge in [0.15, 0.2) is 6.10 Å². The molecule has 126 valence electrons. The number of hydrogen-bond acceptors (Lipinski definition) is 4. The fraction of sp³-hybridized carbons (Fsp3) is 0.529. The van der Waals surface area contributed by atoms with Crippen molar-refractivity contribution in [1.82, 2.24) is 4.90 Å². The summed E-state index contributed by atoms with van der Waals surface area (Å²) in [7, 11) is 1.39. The summed E-state index contributed by atoms with van der Waals surface area (Å²) in [6, 6.07) is 5.32. The summed E-state index contributed by atoms with van der Waals surface area (Å²) in [5, 5.41) is 0.668. The van der Waals surface area contributed by atoms with Crippen LogP contribution in [0, 0.1) is 12.8 Å². The second-order valence-corrected chi connectivity index (χ2v) is 6.20. The molecule has 2 rings (SSSR count). The minimum Gasteiger partial charge on any atom is -0.481 e. The van der Waals surface area contributed by atoms with Crippen LogP contribution >= 0.6 is 11.6 Å². The Morgan fingerprint density at radius 1 is 1.30 bits per heavy atom. The molecule has 1 aromatic carbocycles. The van der Waals surface area contributed by atoms with Crippen LogP contribution in [0.4, 0.5) is 0 Å². The highest BCUT2D eigenvalue weighted by atomic mass is 35.5. The molecule has 1 saturated heterocycles. The van der Waals surface area contributed by atoms with Crippen LogP contribution in [-0.4, -0.2) is 43.1 Å². The summed E-state index contributed by atoms with van der Waals surface area (Å²) in [5.74, 6) is 0.246. The lowest BCUT2D eigenvalue weighted by Gasteiger charge is -2.32. The van der Waals surface area contributed by atoms with Crippen LogP contribution in [0.1, 0.15) is 25.3 Å². The fourth-order valence-electron chi connectivity index (χ4n) is 2.70. The zero-order valence-corrected chi connectivity index (χ0v) is 14.4. The van der Waals surface area contributed by atoms with Gasteiger partial charge in [-0.25, -0.2) is 0 Å². The highest BCUT2D eigenvalue weighted by molar-refractivity contribution is 6.31. The van der Waals surface area contributed by atoms with E-state index in [0.717, 1.165) is 5.56 Å². The number of amides is 1. The molecule has 5 nitrogen and oxygen atoms in total. The number of carbonyl (C=O) groups excluding carboxylic acids is 2. The van der Waals surface area contributed by atoms with Gasteiger partial charge in [0.25, 0.3) is 5.91 Å². The summed E-state index contributed by atoms with van der Waals surface area (Å²) in [6.45, 7) is 4.72. The Morgan fingerprint density at radius 3 is 2.52 bits per heavy atom. The number of esters is 1. The number of piperidine rings is 1. The normalized spacial score (nSPS) is 16.8. The van der Waals surface area contributed by atoms with Gasteiger partial charge in [-0.3, -0.25) is 9.59 Å². The Hall–Kier alpha value is -1.75. The van der Waals surface area contributed by atoms with Gasteiger partial charge in [-0.1, -0.05) is 11.6 Å². The van der Waals surface area contributed by atoms with E-state index in [1.807, 2.05) is 13.0 Å². The molecule has 1 amide bonds. The maximum absolute atomic E-state index is 12.5. The largest absolute Gasteiger partial charge is 0.481 e. The maximum Gasteiger partial charge on any atom is 0.308 e. The van der Waals surface area contributed by atoms with Gasteiger partial charge in [-0.2, -0.15) is 0 Å². The molecule has 1 aliphatic heterocycles. The topological polar surface area (TPSA) is 55.8 Å². The van der Waals surface area contributed by atoms with Crippen LogP contribution in [-0.2, 0) is 14.3 Å². The monoisotopic (exact) mass is 339 g/mol. The van der Waals surface area contributed by atoms with Crippen molar-refractivity contribution < 1.29 is 19.1 Å². The van der Waals surface area contributed by atoms with Crippen molar-refractivity contribution in [3.63, 3.8) is 0 Å². The number of benzene rings is 1. The van der Waals surface area contributed by atoms with Gasteiger partial charge in [0, 0.05) is 18.1 Å². The molecule has 1 atom stereocenters. The second kappa shape index (κ2) is 7.68. The van der Waals surface area contributed by atoms with Gasteiger partial charge in [0.1, 0.15) is 5.75 Å². The fourth-order valence-corrected chi connectivity index (χ4v) is 2.82. The standard InChI is InChI=1S/C17H22ClNO4/c1-11-10-14(4-5-15(11)18)23-12(2)16(20)19-8-6-13(7-9-19)17(21)22-3/h4-5,10,12-13H,6-9H2,1-3H3/t12-/m0/s1. The number of nitrogens with zero attached hydrogens (tertiary/aromatic N) is 1. The molecule has 1 aliphatic rings. The number of hydrogen-bond donors (Lipinski definition) is 0. The average Bonchev–Trinajstić information content (AvgIpc) is 2.57. The lowest BCUT2D eigenvalue weighted by Crippen LogP contribution is -2.45. The number of carbonyl (C=O) groups is 2. The van der Waals surface area contributed by atoms with Crippen molar-refractivity contribution in [3.8, 4) is 5.75 Å². The first-order valence-electron chi connectivity index (χ1n) is 7.71. The van der Waals surface area contributed by atoms with Crippen molar-refractivity contribution >= 4 is 23.5 Å². The molecule has 1 fully saturated rings. The van der Waals surface area contributed by atoms with Crippen molar-refractivity contribution in [2.75, 3.05) is 20.2 Å². The highest BCUT2D eigenvalue weighted by Gasteiger charge is 2.30. The summed E-state index contributed by atoms with van der Waals surface area (Å²) < 4.78 is 10.5. The molecule has 23 heavy (non-hydrogen) atoms. The molecule has 6 heteroatoms. The number of rotatable bonds is 4. The molecule has 0 bridgehead atoms. The zero-order chi connectivity index (χ0) is 17.0. The second-order valence-electron chi connectivity index (χ2n) is 5.79. The van der Waals surface area contributed by atoms with Crippen LogP contribution in [0.2, 0.25) is 5.02 Å². The Morgan fingerprint density at radius 2 is 1.96 bits per heavy atom. The summed E-state index contributed by atoms with van der Waals surface area (Å²) in [4.78, 5) is 25.7. The van der Waals surface area contributed by atoms with E-state index in [9.17, 15) is 9.59 Å². The van der Waals surface area contributed by atoms with E-state index in [2.05, 4.69) is 0 Å². The summed E-state index contributed by atoms with van der Waals surface area (Å²) in [5.41, 5.74) is 0.905. The van der Waals surface area contributed by atoms with Crippen LogP contribution in [0.5, 0.6) is 5.75 Å². The van der Waals surface area contributed by atoms with E-state index < -0.39 is 6.10 Å². The van der Waals surface area contributed by atoms with E-state index >= 15 is 0 Å². The zero-order valence-electron chi connectivity index (χ0n) is 13.7. The predicted molar refractivity (Wildman–Crippen MR) is 87.6 cm³/mol. The van der Waals surface area contributed by atoms with Crippen molar-refractivity contribution in [3.05, 3.63) is 28.8 Å². The molecule has 0 saturated carbocycles. The Bertz CT molecular complexity index is 582. The first kappa shape index (κ1) is 17.6. The lowest BCUT2D eigenvalue weighted by atomic mass is 9.97. The van der Waals surface area contributed by atoms with E-state index in [4.69, 9.17) is 21.1 Å². The van der Waals surface area contributed by atoms with E-state index in [1.165, 1.54) is 7.11 Å². The maximum atomic E-state index is 12.5. The molecular weight excluding hydrogens is 318 g/mol. The molecule has 0 radical (unpaired) electrons. The summed E-state index contributed by atoms with van der Waals surface area (Å²) >= 11 is 5.98. The number of ether oxygens (including phenoxy) is 2. The van der Waals surface area contributed by atoms with E-state index in [-0.39, 0.29) is 17.8 Å². The number of methoxy groups -OCH3 is 1. The van der Waals surface area contributed by atoms with Crippen LogP contribution in [0.3, 0.4) is 0 Å². The smallest absolute Gasteiger partial charge is 0.308 e. The predicted octanol–water partition coefficient (Wildman–Crippen LogP) is 2.83. The molecule has 0 aromatic heterocycles. The Labute approximate surface area is 141 Å².